The standard InChI is InChI=1S/C14H30N2O/c1-4-17-14(10-5-6-11-14)13(16-15)9-7-8-12(2)3/h12-13,16H,4-11,15H2,1-3H3. The van der Waals surface area contributed by atoms with Crippen LogP contribution in [0.25, 0.3) is 0 Å². The fraction of sp³-hybridized carbons (Fsp3) is 1.00. The number of hydrogen-bond acceptors (Lipinski definition) is 3. The average molecular weight is 242 g/mol. The van der Waals surface area contributed by atoms with Crippen LogP contribution >= 0.6 is 0 Å². The van der Waals surface area contributed by atoms with Gasteiger partial charge in [-0.05, 0) is 32.1 Å². The Morgan fingerprint density at radius 3 is 2.35 bits per heavy atom. The summed E-state index contributed by atoms with van der Waals surface area (Å²) in [5, 5.41) is 0. The molecular formula is C14H30N2O. The Kier molecular flexibility index (Phi) is 6.45. The van der Waals surface area contributed by atoms with E-state index in [0.717, 1.165) is 31.8 Å². The highest BCUT2D eigenvalue weighted by Crippen LogP contribution is 2.37. The van der Waals surface area contributed by atoms with Crippen molar-refractivity contribution in [3.8, 4) is 0 Å². The molecule has 3 heteroatoms. The van der Waals surface area contributed by atoms with Crippen molar-refractivity contribution >= 4 is 0 Å². The Bertz CT molecular complexity index is 200. The molecule has 0 spiro atoms. The minimum Gasteiger partial charge on any atom is -0.374 e. The molecule has 0 bridgehead atoms. The third kappa shape index (κ3) is 4.23. The smallest absolute Gasteiger partial charge is 0.0848 e. The fourth-order valence-electron chi connectivity index (χ4n) is 3.08. The van der Waals surface area contributed by atoms with Gasteiger partial charge in [-0.3, -0.25) is 11.3 Å². The van der Waals surface area contributed by atoms with Crippen molar-refractivity contribution in [1.29, 1.82) is 0 Å². The molecule has 0 aromatic rings. The molecule has 1 rings (SSSR count). The van der Waals surface area contributed by atoms with Gasteiger partial charge in [0.1, 0.15) is 0 Å². The summed E-state index contributed by atoms with van der Waals surface area (Å²) in [6.07, 6.45) is 8.54. The van der Waals surface area contributed by atoms with Gasteiger partial charge < -0.3 is 4.74 Å². The molecule has 0 heterocycles. The zero-order valence-corrected chi connectivity index (χ0v) is 11.8. The number of rotatable bonds is 8. The maximum atomic E-state index is 6.06. The topological polar surface area (TPSA) is 47.3 Å². The molecule has 3 nitrogen and oxygen atoms in total. The van der Waals surface area contributed by atoms with E-state index in [-0.39, 0.29) is 5.60 Å². The Balaban J connectivity index is 2.50. The van der Waals surface area contributed by atoms with Gasteiger partial charge in [0.25, 0.3) is 0 Å². The lowest BCUT2D eigenvalue weighted by molar-refractivity contribution is -0.0638. The van der Waals surface area contributed by atoms with E-state index < -0.39 is 0 Å². The first-order valence-electron chi connectivity index (χ1n) is 7.24. The van der Waals surface area contributed by atoms with Gasteiger partial charge in [-0.15, -0.1) is 0 Å². The molecule has 0 amide bonds. The summed E-state index contributed by atoms with van der Waals surface area (Å²) in [5.41, 5.74) is 3.03. The van der Waals surface area contributed by atoms with Crippen LogP contribution in [0.2, 0.25) is 0 Å². The maximum absolute atomic E-state index is 6.06. The van der Waals surface area contributed by atoms with Crippen LogP contribution in [-0.4, -0.2) is 18.2 Å². The normalized spacial score (nSPS) is 21.0. The molecule has 1 aliphatic rings. The van der Waals surface area contributed by atoms with Crippen LogP contribution in [0.4, 0.5) is 0 Å². The van der Waals surface area contributed by atoms with Crippen LogP contribution in [0.3, 0.4) is 0 Å². The lowest BCUT2D eigenvalue weighted by Crippen LogP contribution is -2.53. The summed E-state index contributed by atoms with van der Waals surface area (Å²) < 4.78 is 6.06. The number of hydrazine groups is 1. The van der Waals surface area contributed by atoms with Crippen molar-refractivity contribution in [1.82, 2.24) is 5.43 Å². The van der Waals surface area contributed by atoms with Gasteiger partial charge in [0, 0.05) is 6.61 Å². The van der Waals surface area contributed by atoms with Crippen LogP contribution in [0.5, 0.6) is 0 Å². The first-order valence-corrected chi connectivity index (χ1v) is 7.24. The molecule has 0 aliphatic heterocycles. The van der Waals surface area contributed by atoms with E-state index in [1.165, 1.54) is 25.7 Å². The molecule has 0 radical (unpaired) electrons. The van der Waals surface area contributed by atoms with E-state index in [1.54, 1.807) is 0 Å². The highest BCUT2D eigenvalue weighted by Gasteiger charge is 2.41. The van der Waals surface area contributed by atoms with Gasteiger partial charge in [0.05, 0.1) is 11.6 Å². The second-order valence-electron chi connectivity index (χ2n) is 5.75. The molecule has 1 saturated carbocycles. The lowest BCUT2D eigenvalue weighted by atomic mass is 9.88. The van der Waals surface area contributed by atoms with Crippen LogP contribution < -0.4 is 11.3 Å². The Morgan fingerprint density at radius 2 is 1.88 bits per heavy atom. The van der Waals surface area contributed by atoms with Crippen LogP contribution in [0.1, 0.15) is 65.7 Å². The number of nitrogens with one attached hydrogen (secondary N) is 1. The van der Waals surface area contributed by atoms with Crippen LogP contribution in [0.15, 0.2) is 0 Å². The monoisotopic (exact) mass is 242 g/mol. The van der Waals surface area contributed by atoms with E-state index in [4.69, 9.17) is 10.6 Å². The van der Waals surface area contributed by atoms with Crippen LogP contribution in [-0.2, 0) is 4.74 Å². The van der Waals surface area contributed by atoms with Crippen molar-refractivity contribution in [3.63, 3.8) is 0 Å². The summed E-state index contributed by atoms with van der Waals surface area (Å²) >= 11 is 0. The van der Waals surface area contributed by atoms with E-state index in [1.807, 2.05) is 0 Å². The highest BCUT2D eigenvalue weighted by molar-refractivity contribution is 4.96. The van der Waals surface area contributed by atoms with Crippen molar-refractivity contribution < 1.29 is 4.74 Å². The lowest BCUT2D eigenvalue weighted by Gasteiger charge is -2.37. The molecule has 1 atom stereocenters. The van der Waals surface area contributed by atoms with Crippen LogP contribution in [0, 0.1) is 5.92 Å². The molecule has 1 unspecified atom stereocenters. The van der Waals surface area contributed by atoms with E-state index >= 15 is 0 Å². The third-order valence-electron chi connectivity index (χ3n) is 3.99. The minimum atomic E-state index is 0.0144. The summed E-state index contributed by atoms with van der Waals surface area (Å²) in [6.45, 7) is 7.43. The zero-order chi connectivity index (χ0) is 12.7. The first-order chi connectivity index (χ1) is 8.14. The van der Waals surface area contributed by atoms with Gasteiger partial charge in [-0.25, -0.2) is 0 Å². The van der Waals surface area contributed by atoms with E-state index in [9.17, 15) is 0 Å². The van der Waals surface area contributed by atoms with Gasteiger partial charge in [0.15, 0.2) is 0 Å². The third-order valence-corrected chi connectivity index (χ3v) is 3.99. The van der Waals surface area contributed by atoms with Gasteiger partial charge in [-0.2, -0.15) is 0 Å². The summed E-state index contributed by atoms with van der Waals surface area (Å²) in [5.74, 6) is 6.53. The highest BCUT2D eigenvalue weighted by atomic mass is 16.5. The SMILES string of the molecule is CCOC1(C(CCCC(C)C)NN)CCCC1. The molecule has 1 aliphatic carbocycles. The fourth-order valence-corrected chi connectivity index (χ4v) is 3.08. The van der Waals surface area contributed by atoms with E-state index in [2.05, 4.69) is 26.2 Å². The van der Waals surface area contributed by atoms with E-state index in [0.29, 0.717) is 6.04 Å². The van der Waals surface area contributed by atoms with Gasteiger partial charge >= 0.3 is 0 Å². The van der Waals surface area contributed by atoms with Crippen molar-refractivity contribution in [2.24, 2.45) is 11.8 Å². The molecule has 102 valence electrons. The predicted octanol–water partition coefficient (Wildman–Crippen LogP) is 2.99. The molecule has 0 saturated heterocycles. The summed E-state index contributed by atoms with van der Waals surface area (Å²) in [7, 11) is 0. The Hall–Kier alpha value is -0.120. The van der Waals surface area contributed by atoms with Crippen molar-refractivity contribution in [3.05, 3.63) is 0 Å². The quantitative estimate of drug-likeness (QED) is 0.508. The second kappa shape index (κ2) is 7.34. The first kappa shape index (κ1) is 14.9. The predicted molar refractivity (Wildman–Crippen MR) is 72.6 cm³/mol. The number of ether oxygens (including phenoxy) is 1. The number of nitrogens with two attached hydrogens (primary N) is 1. The minimum absolute atomic E-state index is 0.0144. The Labute approximate surface area is 106 Å². The molecule has 3 N–H and O–H groups in total. The zero-order valence-electron chi connectivity index (χ0n) is 11.8. The van der Waals surface area contributed by atoms with Crippen molar-refractivity contribution in [2.45, 2.75) is 77.4 Å². The Morgan fingerprint density at radius 1 is 1.24 bits per heavy atom. The maximum Gasteiger partial charge on any atom is 0.0848 e. The summed E-state index contributed by atoms with van der Waals surface area (Å²) in [6, 6.07) is 0.323. The van der Waals surface area contributed by atoms with Gasteiger partial charge in [0.2, 0.25) is 0 Å². The largest absolute Gasteiger partial charge is 0.374 e. The second-order valence-corrected chi connectivity index (χ2v) is 5.75. The molecule has 0 aromatic heterocycles. The summed E-state index contributed by atoms with van der Waals surface area (Å²) in [4.78, 5) is 0. The number of hydrogen-bond donors (Lipinski definition) is 2. The van der Waals surface area contributed by atoms with Crippen molar-refractivity contribution in [2.75, 3.05) is 6.61 Å². The molecular weight excluding hydrogens is 212 g/mol. The molecule has 1 fully saturated rings. The average Bonchev–Trinajstić information content (AvgIpc) is 2.74. The molecule has 17 heavy (non-hydrogen) atoms. The van der Waals surface area contributed by atoms with Gasteiger partial charge in [-0.1, -0.05) is 39.5 Å². The molecule has 0 aromatic carbocycles.